The minimum absolute atomic E-state index is 0.0226. The Morgan fingerprint density at radius 1 is 1.00 bits per heavy atom. The molecular formula is C15H27N3O4. The van der Waals surface area contributed by atoms with Crippen molar-refractivity contribution in [1.82, 2.24) is 15.1 Å². The number of carbonyl (C=O) groups is 3. The van der Waals surface area contributed by atoms with E-state index in [4.69, 9.17) is 4.74 Å². The van der Waals surface area contributed by atoms with E-state index in [1.165, 1.54) is 0 Å². The number of ether oxygens (including phenoxy) is 1. The van der Waals surface area contributed by atoms with Crippen LogP contribution < -0.4 is 5.32 Å². The van der Waals surface area contributed by atoms with Gasteiger partial charge in [-0.25, -0.2) is 4.79 Å². The first-order valence-electron chi connectivity index (χ1n) is 8.00. The average Bonchev–Trinajstić information content (AvgIpc) is 2.54. The quantitative estimate of drug-likeness (QED) is 0.788. The summed E-state index contributed by atoms with van der Waals surface area (Å²) in [5.41, 5.74) is 0. The lowest BCUT2D eigenvalue weighted by Crippen LogP contribution is -2.53. The van der Waals surface area contributed by atoms with Crippen molar-refractivity contribution in [1.29, 1.82) is 0 Å². The molecule has 0 spiro atoms. The minimum Gasteiger partial charge on any atom is -0.450 e. The molecule has 1 N–H and O–H groups in total. The second kappa shape index (κ2) is 9.27. The molecule has 7 nitrogen and oxygen atoms in total. The molecule has 1 fully saturated rings. The van der Waals surface area contributed by atoms with Crippen LogP contribution in [0.25, 0.3) is 0 Å². The van der Waals surface area contributed by atoms with Crippen LogP contribution >= 0.6 is 0 Å². The molecule has 126 valence electrons. The van der Waals surface area contributed by atoms with E-state index in [0.29, 0.717) is 32.8 Å². The molecule has 0 saturated carbocycles. The first-order chi connectivity index (χ1) is 10.5. The minimum atomic E-state index is -0.336. The van der Waals surface area contributed by atoms with E-state index in [-0.39, 0.29) is 30.4 Å². The molecule has 0 bridgehead atoms. The van der Waals surface area contributed by atoms with Gasteiger partial charge in [-0.15, -0.1) is 0 Å². The zero-order valence-corrected chi connectivity index (χ0v) is 13.8. The number of piperazine rings is 1. The molecule has 1 rings (SSSR count). The van der Waals surface area contributed by atoms with Crippen LogP contribution in [0.5, 0.6) is 0 Å². The molecule has 0 unspecified atom stereocenters. The fraction of sp³-hybridized carbons (Fsp3) is 0.800. The Morgan fingerprint density at radius 3 is 2.05 bits per heavy atom. The molecule has 0 aromatic carbocycles. The Hall–Kier alpha value is -1.79. The van der Waals surface area contributed by atoms with Gasteiger partial charge in [0.15, 0.2) is 0 Å². The molecule has 1 saturated heterocycles. The fourth-order valence-corrected chi connectivity index (χ4v) is 2.43. The lowest BCUT2D eigenvalue weighted by Gasteiger charge is -2.34. The van der Waals surface area contributed by atoms with Gasteiger partial charge < -0.3 is 19.9 Å². The van der Waals surface area contributed by atoms with Crippen molar-refractivity contribution in [3.8, 4) is 0 Å². The van der Waals surface area contributed by atoms with Gasteiger partial charge in [0.1, 0.15) is 0 Å². The summed E-state index contributed by atoms with van der Waals surface area (Å²) in [6, 6.07) is 0. The van der Waals surface area contributed by atoms with Gasteiger partial charge >= 0.3 is 6.09 Å². The van der Waals surface area contributed by atoms with E-state index in [9.17, 15) is 14.4 Å². The molecule has 1 aliphatic heterocycles. The second-order valence-corrected chi connectivity index (χ2v) is 5.30. The molecular weight excluding hydrogens is 286 g/mol. The zero-order chi connectivity index (χ0) is 16.5. The summed E-state index contributed by atoms with van der Waals surface area (Å²) in [4.78, 5) is 38.8. The first-order valence-corrected chi connectivity index (χ1v) is 8.00. The maximum atomic E-state index is 12.1. The zero-order valence-electron chi connectivity index (χ0n) is 13.8. The predicted octanol–water partition coefficient (Wildman–Crippen LogP) is 0.839. The van der Waals surface area contributed by atoms with E-state index >= 15 is 0 Å². The van der Waals surface area contributed by atoms with Crippen molar-refractivity contribution in [2.24, 2.45) is 5.92 Å². The lowest BCUT2D eigenvalue weighted by molar-refractivity contribution is -0.135. The number of nitrogens with one attached hydrogen (secondary N) is 1. The van der Waals surface area contributed by atoms with Gasteiger partial charge in [0.2, 0.25) is 11.8 Å². The Labute approximate surface area is 132 Å². The number of amides is 3. The standard InChI is InChI=1S/C15H27N3O4/c1-4-12(5-2)14(20)16-11-13(19)17-7-9-18(10-8-17)15(21)22-6-3/h12H,4-11H2,1-3H3,(H,16,20). The number of carbonyl (C=O) groups excluding carboxylic acids is 3. The van der Waals surface area contributed by atoms with Crippen molar-refractivity contribution in [3.63, 3.8) is 0 Å². The van der Waals surface area contributed by atoms with Gasteiger partial charge in [-0.1, -0.05) is 13.8 Å². The first kappa shape index (κ1) is 18.3. The van der Waals surface area contributed by atoms with Gasteiger partial charge in [-0.05, 0) is 19.8 Å². The van der Waals surface area contributed by atoms with Crippen molar-refractivity contribution in [2.45, 2.75) is 33.6 Å². The molecule has 0 atom stereocenters. The van der Waals surface area contributed by atoms with E-state index in [2.05, 4.69) is 5.32 Å². The maximum Gasteiger partial charge on any atom is 0.409 e. The summed E-state index contributed by atoms with van der Waals surface area (Å²) in [5.74, 6) is -0.209. The van der Waals surface area contributed by atoms with E-state index < -0.39 is 0 Å². The molecule has 3 amide bonds. The highest BCUT2D eigenvalue weighted by atomic mass is 16.6. The lowest BCUT2D eigenvalue weighted by atomic mass is 10.0. The van der Waals surface area contributed by atoms with E-state index in [1.807, 2.05) is 13.8 Å². The summed E-state index contributed by atoms with van der Waals surface area (Å²) in [7, 11) is 0. The number of rotatable bonds is 6. The topological polar surface area (TPSA) is 79.0 Å². The Kier molecular flexibility index (Phi) is 7.70. The highest BCUT2D eigenvalue weighted by Crippen LogP contribution is 2.07. The van der Waals surface area contributed by atoms with Crippen LogP contribution in [0, 0.1) is 5.92 Å². The van der Waals surface area contributed by atoms with Crippen molar-refractivity contribution >= 4 is 17.9 Å². The normalized spacial score (nSPS) is 14.9. The summed E-state index contributed by atoms with van der Waals surface area (Å²) in [6.45, 7) is 7.93. The fourth-order valence-electron chi connectivity index (χ4n) is 2.43. The molecule has 22 heavy (non-hydrogen) atoms. The van der Waals surface area contributed by atoms with Crippen LogP contribution in [0.2, 0.25) is 0 Å². The van der Waals surface area contributed by atoms with E-state index in [1.54, 1.807) is 16.7 Å². The largest absolute Gasteiger partial charge is 0.450 e. The Morgan fingerprint density at radius 2 is 1.55 bits per heavy atom. The van der Waals surface area contributed by atoms with Gasteiger partial charge in [0.05, 0.1) is 13.2 Å². The second-order valence-electron chi connectivity index (χ2n) is 5.30. The Balaban J connectivity index is 2.34. The van der Waals surface area contributed by atoms with Crippen molar-refractivity contribution in [3.05, 3.63) is 0 Å². The van der Waals surface area contributed by atoms with Crippen molar-refractivity contribution in [2.75, 3.05) is 39.3 Å². The monoisotopic (exact) mass is 313 g/mol. The van der Waals surface area contributed by atoms with Crippen LogP contribution in [0.4, 0.5) is 4.79 Å². The average molecular weight is 313 g/mol. The third-order valence-electron chi connectivity index (χ3n) is 3.93. The van der Waals surface area contributed by atoms with Crippen LogP contribution in [-0.2, 0) is 14.3 Å². The van der Waals surface area contributed by atoms with Crippen LogP contribution in [0.3, 0.4) is 0 Å². The van der Waals surface area contributed by atoms with Crippen LogP contribution in [0.15, 0.2) is 0 Å². The molecule has 1 aliphatic rings. The smallest absolute Gasteiger partial charge is 0.409 e. The third kappa shape index (κ3) is 5.20. The molecule has 0 aromatic heterocycles. The molecule has 0 aromatic rings. The highest BCUT2D eigenvalue weighted by Gasteiger charge is 2.25. The maximum absolute atomic E-state index is 12.1. The number of hydrogen-bond donors (Lipinski definition) is 1. The molecule has 7 heteroatoms. The predicted molar refractivity (Wildman–Crippen MR) is 82.3 cm³/mol. The summed E-state index contributed by atoms with van der Waals surface area (Å²) in [6.07, 6.45) is 1.21. The van der Waals surface area contributed by atoms with Gasteiger partial charge in [-0.3, -0.25) is 9.59 Å². The van der Waals surface area contributed by atoms with Crippen LogP contribution in [0.1, 0.15) is 33.6 Å². The summed E-state index contributed by atoms with van der Waals surface area (Å²) < 4.78 is 4.93. The highest BCUT2D eigenvalue weighted by molar-refractivity contribution is 5.86. The van der Waals surface area contributed by atoms with Gasteiger partial charge in [0, 0.05) is 32.1 Å². The molecule has 0 radical (unpaired) electrons. The molecule has 0 aliphatic carbocycles. The van der Waals surface area contributed by atoms with Gasteiger partial charge in [0.25, 0.3) is 0 Å². The third-order valence-corrected chi connectivity index (χ3v) is 3.93. The van der Waals surface area contributed by atoms with Crippen LogP contribution in [-0.4, -0.2) is 67.0 Å². The number of hydrogen-bond acceptors (Lipinski definition) is 4. The summed E-state index contributed by atoms with van der Waals surface area (Å²) >= 11 is 0. The van der Waals surface area contributed by atoms with E-state index in [0.717, 1.165) is 12.8 Å². The number of nitrogens with zero attached hydrogens (tertiary/aromatic N) is 2. The molecule has 1 heterocycles. The van der Waals surface area contributed by atoms with Crippen molar-refractivity contribution < 1.29 is 19.1 Å². The van der Waals surface area contributed by atoms with Gasteiger partial charge in [-0.2, -0.15) is 0 Å². The Bertz CT molecular complexity index is 388. The summed E-state index contributed by atoms with van der Waals surface area (Å²) in [5, 5.41) is 2.70. The SMILES string of the molecule is CCOC(=O)N1CCN(C(=O)CNC(=O)C(CC)CC)CC1.